The Balaban J connectivity index is 2.68. The number of nitrogens with zero attached hydrogens (tertiary/aromatic N) is 1. The maximum Gasteiger partial charge on any atom is 0.240 e. The van der Waals surface area contributed by atoms with E-state index < -0.39 is 10.0 Å². The van der Waals surface area contributed by atoms with Gasteiger partial charge in [-0.2, -0.15) is 5.26 Å². The molecule has 0 saturated carbocycles. The second kappa shape index (κ2) is 6.80. The van der Waals surface area contributed by atoms with E-state index in [1.165, 1.54) is 12.1 Å². The van der Waals surface area contributed by atoms with Gasteiger partial charge in [0.2, 0.25) is 10.0 Å². The lowest BCUT2D eigenvalue weighted by Crippen LogP contribution is -2.24. The minimum Gasteiger partial charge on any atom is -0.211 e. The van der Waals surface area contributed by atoms with Crippen LogP contribution in [0.4, 0.5) is 0 Å². The largest absolute Gasteiger partial charge is 0.240 e. The fourth-order valence-corrected chi connectivity index (χ4v) is 2.43. The lowest BCUT2D eigenvalue weighted by atomic mass is 10.2. The molecular formula is C13H14N2O2S. The maximum atomic E-state index is 11.8. The van der Waals surface area contributed by atoms with Crippen molar-refractivity contribution in [3.05, 3.63) is 29.8 Å². The highest BCUT2D eigenvalue weighted by Crippen LogP contribution is 2.10. The summed E-state index contributed by atoms with van der Waals surface area (Å²) < 4.78 is 26.1. The van der Waals surface area contributed by atoms with Gasteiger partial charge in [-0.05, 0) is 24.1 Å². The molecular weight excluding hydrogens is 248 g/mol. The van der Waals surface area contributed by atoms with Gasteiger partial charge in [0.1, 0.15) is 0 Å². The molecule has 94 valence electrons. The van der Waals surface area contributed by atoms with Crippen LogP contribution < -0.4 is 4.72 Å². The lowest BCUT2D eigenvalue weighted by molar-refractivity contribution is 0.579. The van der Waals surface area contributed by atoms with E-state index in [1.54, 1.807) is 12.1 Å². The molecule has 0 spiro atoms. The predicted octanol–water partition coefficient (Wildman–Crippen LogP) is 1.44. The van der Waals surface area contributed by atoms with E-state index in [-0.39, 0.29) is 11.3 Å². The number of terminal acetylenes is 1. The molecule has 0 aromatic heterocycles. The third kappa shape index (κ3) is 4.21. The minimum absolute atomic E-state index is 0.199. The first-order valence-electron chi connectivity index (χ1n) is 5.49. The van der Waals surface area contributed by atoms with Gasteiger partial charge in [0.15, 0.2) is 0 Å². The topological polar surface area (TPSA) is 70.0 Å². The van der Waals surface area contributed by atoms with Crippen LogP contribution in [0, 0.1) is 23.7 Å². The van der Waals surface area contributed by atoms with E-state index in [9.17, 15) is 8.42 Å². The molecule has 0 unspecified atom stereocenters. The Bertz CT molecular complexity index is 562. The smallest absolute Gasteiger partial charge is 0.211 e. The van der Waals surface area contributed by atoms with Crippen molar-refractivity contribution < 1.29 is 8.42 Å². The van der Waals surface area contributed by atoms with Crippen LogP contribution in [-0.2, 0) is 16.4 Å². The number of hydrogen-bond donors (Lipinski definition) is 1. The van der Waals surface area contributed by atoms with Gasteiger partial charge in [-0.1, -0.05) is 12.1 Å². The molecule has 0 aliphatic heterocycles. The first-order valence-corrected chi connectivity index (χ1v) is 6.97. The maximum absolute atomic E-state index is 11.8. The van der Waals surface area contributed by atoms with Crippen molar-refractivity contribution in [2.45, 2.75) is 24.2 Å². The van der Waals surface area contributed by atoms with Crippen molar-refractivity contribution in [2.24, 2.45) is 0 Å². The second-order valence-electron chi connectivity index (χ2n) is 3.68. The summed E-state index contributed by atoms with van der Waals surface area (Å²) in [7, 11) is -3.47. The standard InChI is InChI=1S/C13H14N2O2S/c1-2-3-4-11-15-18(16,17)13-7-5-12(6-8-13)9-10-14/h1,5-8,15H,3-4,9,11H2. The van der Waals surface area contributed by atoms with Crippen molar-refractivity contribution in [3.8, 4) is 18.4 Å². The molecule has 0 aliphatic rings. The number of nitrogens with one attached hydrogen (secondary N) is 1. The predicted molar refractivity (Wildman–Crippen MR) is 69.0 cm³/mol. The Labute approximate surface area is 108 Å². The zero-order valence-corrected chi connectivity index (χ0v) is 10.7. The highest BCUT2D eigenvalue weighted by atomic mass is 32.2. The molecule has 1 aromatic carbocycles. The zero-order chi connectivity index (χ0) is 13.4. The first-order chi connectivity index (χ1) is 8.60. The number of benzene rings is 1. The molecule has 0 aliphatic carbocycles. The Kier molecular flexibility index (Phi) is 5.38. The fourth-order valence-electron chi connectivity index (χ4n) is 1.36. The van der Waals surface area contributed by atoms with Gasteiger partial charge in [0.25, 0.3) is 0 Å². The third-order valence-electron chi connectivity index (χ3n) is 2.31. The molecule has 0 radical (unpaired) electrons. The molecule has 0 atom stereocenters. The highest BCUT2D eigenvalue weighted by Gasteiger charge is 2.12. The SMILES string of the molecule is C#CCCCNS(=O)(=O)c1ccc(CC#N)cc1. The Morgan fingerprint density at radius 2 is 1.94 bits per heavy atom. The first kappa shape index (κ1) is 14.2. The van der Waals surface area contributed by atoms with Gasteiger partial charge in [0, 0.05) is 13.0 Å². The van der Waals surface area contributed by atoms with Crippen LogP contribution in [-0.4, -0.2) is 15.0 Å². The molecule has 5 heteroatoms. The lowest BCUT2D eigenvalue weighted by Gasteiger charge is -2.06. The van der Waals surface area contributed by atoms with Crippen molar-refractivity contribution in [2.75, 3.05) is 6.54 Å². The van der Waals surface area contributed by atoms with E-state index in [0.29, 0.717) is 19.4 Å². The Morgan fingerprint density at radius 1 is 1.28 bits per heavy atom. The number of unbranched alkanes of at least 4 members (excludes halogenated alkanes) is 1. The summed E-state index contributed by atoms with van der Waals surface area (Å²) in [4.78, 5) is 0.199. The van der Waals surface area contributed by atoms with E-state index in [1.807, 2.05) is 6.07 Å². The normalized spacial score (nSPS) is 10.6. The average molecular weight is 262 g/mol. The van der Waals surface area contributed by atoms with Gasteiger partial charge in [-0.25, -0.2) is 13.1 Å². The minimum atomic E-state index is -3.47. The van der Waals surface area contributed by atoms with Crippen LogP contribution in [0.5, 0.6) is 0 Å². The fraction of sp³-hybridized carbons (Fsp3) is 0.308. The van der Waals surface area contributed by atoms with Crippen LogP contribution in [0.25, 0.3) is 0 Å². The molecule has 1 N–H and O–H groups in total. The van der Waals surface area contributed by atoms with Crippen LogP contribution in [0.3, 0.4) is 0 Å². The molecule has 0 fully saturated rings. The van der Waals surface area contributed by atoms with Gasteiger partial charge in [-0.3, -0.25) is 0 Å². The van der Waals surface area contributed by atoms with E-state index in [2.05, 4.69) is 10.6 Å². The van der Waals surface area contributed by atoms with Crippen LogP contribution in [0.1, 0.15) is 18.4 Å². The van der Waals surface area contributed by atoms with Crippen LogP contribution in [0.15, 0.2) is 29.2 Å². The summed E-state index contributed by atoms with van der Waals surface area (Å²) in [6, 6.07) is 8.28. The number of sulfonamides is 1. The van der Waals surface area contributed by atoms with Gasteiger partial charge < -0.3 is 0 Å². The Morgan fingerprint density at radius 3 is 2.50 bits per heavy atom. The van der Waals surface area contributed by atoms with E-state index in [0.717, 1.165) is 5.56 Å². The molecule has 0 heterocycles. The molecule has 0 saturated heterocycles. The quantitative estimate of drug-likeness (QED) is 0.623. The molecule has 18 heavy (non-hydrogen) atoms. The average Bonchev–Trinajstić information content (AvgIpc) is 2.36. The number of hydrogen-bond acceptors (Lipinski definition) is 3. The van der Waals surface area contributed by atoms with E-state index >= 15 is 0 Å². The summed E-state index contributed by atoms with van der Waals surface area (Å²) in [5.41, 5.74) is 0.795. The molecule has 1 rings (SSSR count). The monoisotopic (exact) mass is 262 g/mol. The van der Waals surface area contributed by atoms with E-state index in [4.69, 9.17) is 11.7 Å². The van der Waals surface area contributed by atoms with Crippen molar-refractivity contribution in [1.29, 1.82) is 5.26 Å². The zero-order valence-electron chi connectivity index (χ0n) is 9.89. The molecule has 0 bridgehead atoms. The molecule has 4 nitrogen and oxygen atoms in total. The summed E-state index contributed by atoms with van der Waals surface area (Å²) in [5.74, 6) is 2.45. The van der Waals surface area contributed by atoms with Crippen LogP contribution in [0.2, 0.25) is 0 Å². The van der Waals surface area contributed by atoms with Crippen LogP contribution >= 0.6 is 0 Å². The summed E-state index contributed by atoms with van der Waals surface area (Å²) >= 11 is 0. The molecule has 0 amide bonds. The van der Waals surface area contributed by atoms with Crippen molar-refractivity contribution >= 4 is 10.0 Å². The highest BCUT2D eigenvalue weighted by molar-refractivity contribution is 7.89. The second-order valence-corrected chi connectivity index (χ2v) is 5.45. The summed E-state index contributed by atoms with van der Waals surface area (Å²) in [6.45, 7) is 0.326. The summed E-state index contributed by atoms with van der Waals surface area (Å²) in [6.07, 6.45) is 6.51. The summed E-state index contributed by atoms with van der Waals surface area (Å²) in [5, 5.41) is 8.52. The van der Waals surface area contributed by atoms with Gasteiger partial charge >= 0.3 is 0 Å². The van der Waals surface area contributed by atoms with Gasteiger partial charge in [-0.15, -0.1) is 12.3 Å². The number of nitriles is 1. The third-order valence-corrected chi connectivity index (χ3v) is 3.78. The van der Waals surface area contributed by atoms with Crippen molar-refractivity contribution in [3.63, 3.8) is 0 Å². The van der Waals surface area contributed by atoms with Gasteiger partial charge in [0.05, 0.1) is 17.4 Å². The van der Waals surface area contributed by atoms with Crippen molar-refractivity contribution in [1.82, 2.24) is 4.72 Å². The number of rotatable bonds is 6. The molecule has 1 aromatic rings. The Hall–Kier alpha value is -1.82.